The predicted octanol–water partition coefficient (Wildman–Crippen LogP) is 3.32. The van der Waals surface area contributed by atoms with Crippen molar-refractivity contribution >= 4 is 20.0 Å². The lowest BCUT2D eigenvalue weighted by Crippen LogP contribution is -2.58. The van der Waals surface area contributed by atoms with E-state index in [0.717, 1.165) is 5.56 Å². The summed E-state index contributed by atoms with van der Waals surface area (Å²) < 4.78 is 55.9. The molecule has 0 N–H and O–H groups in total. The monoisotopic (exact) mass is 471 g/mol. The maximum absolute atomic E-state index is 13.4. The minimum absolute atomic E-state index is 0.0775. The van der Waals surface area contributed by atoms with E-state index in [1.165, 1.54) is 32.9 Å². The van der Waals surface area contributed by atoms with E-state index in [1.54, 1.807) is 36.4 Å². The highest BCUT2D eigenvalue weighted by molar-refractivity contribution is 7.90. The van der Waals surface area contributed by atoms with Gasteiger partial charge < -0.3 is 0 Å². The van der Waals surface area contributed by atoms with E-state index in [4.69, 9.17) is 0 Å². The lowest BCUT2D eigenvalue weighted by Gasteiger charge is -2.43. The fourth-order valence-electron chi connectivity index (χ4n) is 3.69. The van der Waals surface area contributed by atoms with E-state index in [0.29, 0.717) is 0 Å². The van der Waals surface area contributed by atoms with E-state index in [9.17, 15) is 16.8 Å². The average Bonchev–Trinajstić information content (AvgIpc) is 2.85. The third-order valence-electron chi connectivity index (χ3n) is 5.59. The first-order valence-corrected chi connectivity index (χ1v) is 13.1. The minimum atomic E-state index is -3.90. The van der Waals surface area contributed by atoms with Crippen molar-refractivity contribution in [1.82, 2.24) is 13.5 Å². The molecule has 3 aromatic carbocycles. The summed E-state index contributed by atoms with van der Waals surface area (Å²) in [5.74, 6) is 0. The van der Waals surface area contributed by atoms with E-state index in [1.807, 2.05) is 42.2 Å². The maximum Gasteiger partial charge on any atom is 0.245 e. The van der Waals surface area contributed by atoms with Crippen molar-refractivity contribution in [2.24, 2.45) is 0 Å². The molecule has 0 aromatic heterocycles. The van der Waals surface area contributed by atoms with Gasteiger partial charge in [-0.05, 0) is 36.8 Å². The van der Waals surface area contributed by atoms with Gasteiger partial charge in [-0.2, -0.15) is 8.61 Å². The number of benzene rings is 3. The van der Waals surface area contributed by atoms with Crippen LogP contribution >= 0.6 is 0 Å². The van der Waals surface area contributed by atoms with Gasteiger partial charge in [0.2, 0.25) is 20.0 Å². The van der Waals surface area contributed by atoms with Gasteiger partial charge in [-0.1, -0.05) is 66.7 Å². The first-order chi connectivity index (χ1) is 15.3. The van der Waals surface area contributed by atoms with E-state index in [-0.39, 0.29) is 35.8 Å². The van der Waals surface area contributed by atoms with Crippen LogP contribution in [0.15, 0.2) is 101 Å². The van der Waals surface area contributed by atoms with Crippen LogP contribution in [0.2, 0.25) is 0 Å². The van der Waals surface area contributed by atoms with Crippen LogP contribution in [0, 0.1) is 0 Å². The van der Waals surface area contributed by atoms with Gasteiger partial charge in [0, 0.05) is 6.04 Å². The molecule has 4 rings (SSSR count). The van der Waals surface area contributed by atoms with Gasteiger partial charge in [0.25, 0.3) is 0 Å². The standard InChI is InChI=1S/C23H25N3O4S2/c1-20(21-11-5-2-6-12-21)24-17-25(31(27,28)22-13-7-3-8-14-22)19-26(18-24)32(29,30)23-15-9-4-10-16-23/h2-16,20H,17-19H2,1H3/t20-/m0/s1. The van der Waals surface area contributed by atoms with Crippen LogP contribution in [-0.4, -0.2) is 50.4 Å². The summed E-state index contributed by atoms with van der Waals surface area (Å²) >= 11 is 0. The SMILES string of the molecule is C[C@@H](c1ccccc1)N1CN(S(=O)(=O)c2ccccc2)CN(S(=O)(=O)c2ccccc2)C1. The summed E-state index contributed by atoms with van der Waals surface area (Å²) in [6.45, 7) is 1.84. The largest absolute Gasteiger partial charge is 0.269 e. The summed E-state index contributed by atoms with van der Waals surface area (Å²) in [7, 11) is -7.80. The molecular formula is C23H25N3O4S2. The topological polar surface area (TPSA) is 78.0 Å². The van der Waals surface area contributed by atoms with Gasteiger partial charge in [0.15, 0.2) is 0 Å². The molecule has 1 heterocycles. The van der Waals surface area contributed by atoms with Gasteiger partial charge >= 0.3 is 0 Å². The number of rotatable bonds is 6. The lowest BCUT2D eigenvalue weighted by molar-refractivity contribution is 0.0351. The number of nitrogens with zero attached hydrogens (tertiary/aromatic N) is 3. The first-order valence-electron chi connectivity index (χ1n) is 10.2. The lowest BCUT2D eigenvalue weighted by atomic mass is 10.1. The molecule has 1 atom stereocenters. The van der Waals surface area contributed by atoms with Crippen molar-refractivity contribution in [2.75, 3.05) is 20.0 Å². The van der Waals surface area contributed by atoms with E-state index in [2.05, 4.69) is 0 Å². The molecule has 1 aliphatic heterocycles. The predicted molar refractivity (Wildman–Crippen MR) is 122 cm³/mol. The Morgan fingerprint density at radius 2 is 0.969 bits per heavy atom. The Hall–Kier alpha value is -2.56. The molecule has 1 aliphatic rings. The highest BCUT2D eigenvalue weighted by Gasteiger charge is 2.39. The fourth-order valence-corrected chi connectivity index (χ4v) is 6.54. The molecule has 9 heteroatoms. The van der Waals surface area contributed by atoms with Crippen molar-refractivity contribution in [1.29, 1.82) is 0 Å². The maximum atomic E-state index is 13.4. The van der Waals surface area contributed by atoms with Crippen LogP contribution in [0.3, 0.4) is 0 Å². The Morgan fingerprint density at radius 1 is 0.594 bits per heavy atom. The molecule has 0 radical (unpaired) electrons. The zero-order valence-corrected chi connectivity index (χ0v) is 19.3. The van der Waals surface area contributed by atoms with Gasteiger partial charge in [-0.25, -0.2) is 16.8 Å². The van der Waals surface area contributed by atoms with Crippen LogP contribution in [0.25, 0.3) is 0 Å². The van der Waals surface area contributed by atoms with Crippen LogP contribution in [-0.2, 0) is 20.0 Å². The zero-order valence-electron chi connectivity index (χ0n) is 17.7. The fraction of sp³-hybridized carbons (Fsp3) is 0.217. The normalized spacial score (nSPS) is 17.8. The zero-order chi connectivity index (χ0) is 22.8. The second-order valence-electron chi connectivity index (χ2n) is 7.64. The Kier molecular flexibility index (Phi) is 6.45. The smallest absolute Gasteiger partial charge is 0.245 e. The first kappa shape index (κ1) is 22.6. The molecule has 0 aliphatic carbocycles. The molecule has 0 saturated carbocycles. The Labute approximate surface area is 189 Å². The van der Waals surface area contributed by atoms with E-state index < -0.39 is 20.0 Å². The second-order valence-corrected chi connectivity index (χ2v) is 11.5. The van der Waals surface area contributed by atoms with Crippen molar-refractivity contribution < 1.29 is 16.8 Å². The molecule has 0 unspecified atom stereocenters. The molecular weight excluding hydrogens is 446 g/mol. The highest BCUT2D eigenvalue weighted by Crippen LogP contribution is 2.29. The van der Waals surface area contributed by atoms with Crippen molar-refractivity contribution in [3.8, 4) is 0 Å². The molecule has 1 fully saturated rings. The Balaban J connectivity index is 1.73. The second kappa shape index (κ2) is 9.13. The summed E-state index contributed by atoms with van der Waals surface area (Å²) in [4.78, 5) is 2.11. The Bertz CT molecular complexity index is 1170. The molecule has 1 saturated heterocycles. The van der Waals surface area contributed by atoms with Gasteiger partial charge in [0.05, 0.1) is 29.8 Å². The summed E-state index contributed by atoms with van der Waals surface area (Å²) in [6.07, 6.45) is 0. The van der Waals surface area contributed by atoms with E-state index >= 15 is 0 Å². The molecule has 32 heavy (non-hydrogen) atoms. The third-order valence-corrected chi connectivity index (χ3v) is 9.14. The number of hydrogen-bond donors (Lipinski definition) is 0. The summed E-state index contributed by atoms with van der Waals surface area (Å²) in [5, 5.41) is 0. The van der Waals surface area contributed by atoms with Crippen LogP contribution < -0.4 is 0 Å². The number of sulfonamides is 2. The summed E-state index contributed by atoms with van der Waals surface area (Å²) in [6, 6.07) is 25.6. The molecule has 0 spiro atoms. The van der Waals surface area contributed by atoms with Gasteiger partial charge in [-0.3, -0.25) is 4.90 Å². The number of hydrogen-bond acceptors (Lipinski definition) is 5. The van der Waals surface area contributed by atoms with Crippen LogP contribution in [0.5, 0.6) is 0 Å². The van der Waals surface area contributed by atoms with Crippen molar-refractivity contribution in [2.45, 2.75) is 22.8 Å². The Morgan fingerprint density at radius 3 is 1.38 bits per heavy atom. The van der Waals surface area contributed by atoms with Gasteiger partial charge in [0.1, 0.15) is 0 Å². The summed E-state index contributed by atoms with van der Waals surface area (Å²) in [5.41, 5.74) is 0.975. The highest BCUT2D eigenvalue weighted by atomic mass is 32.2. The van der Waals surface area contributed by atoms with Crippen molar-refractivity contribution in [3.05, 3.63) is 96.6 Å². The van der Waals surface area contributed by atoms with Crippen molar-refractivity contribution in [3.63, 3.8) is 0 Å². The molecule has 168 valence electrons. The molecule has 0 bridgehead atoms. The van der Waals surface area contributed by atoms with Crippen LogP contribution in [0.4, 0.5) is 0 Å². The quantitative estimate of drug-likeness (QED) is 0.551. The third kappa shape index (κ3) is 4.48. The minimum Gasteiger partial charge on any atom is -0.269 e. The van der Waals surface area contributed by atoms with Crippen LogP contribution in [0.1, 0.15) is 18.5 Å². The molecule has 7 nitrogen and oxygen atoms in total. The average molecular weight is 472 g/mol. The molecule has 0 amide bonds. The molecule has 3 aromatic rings. The van der Waals surface area contributed by atoms with Gasteiger partial charge in [-0.15, -0.1) is 0 Å².